The number of carboxylic acid groups (broad SMARTS) is 1. The minimum atomic E-state index is -0.948. The van der Waals surface area contributed by atoms with Crippen LogP contribution in [0.2, 0.25) is 0 Å². The maximum Gasteiger partial charge on any atom is 0.335 e. The van der Waals surface area contributed by atoms with Gasteiger partial charge in [-0.3, -0.25) is 0 Å². The third-order valence-electron chi connectivity index (χ3n) is 4.26. The van der Waals surface area contributed by atoms with Crippen molar-refractivity contribution in [2.75, 3.05) is 5.32 Å². The van der Waals surface area contributed by atoms with E-state index in [4.69, 9.17) is 9.84 Å². The molecule has 0 aliphatic heterocycles. The average Bonchev–Trinajstić information content (AvgIpc) is 2.67. The molecule has 0 spiro atoms. The first-order chi connectivity index (χ1) is 13.0. The summed E-state index contributed by atoms with van der Waals surface area (Å²) in [6, 6.07) is 19.0. The molecule has 4 nitrogen and oxygen atoms in total. The minimum Gasteiger partial charge on any atom is -0.488 e. The van der Waals surface area contributed by atoms with Crippen molar-refractivity contribution in [2.24, 2.45) is 0 Å². The number of halogens is 1. The van der Waals surface area contributed by atoms with Crippen molar-refractivity contribution in [1.29, 1.82) is 0 Å². The summed E-state index contributed by atoms with van der Waals surface area (Å²) in [5.41, 5.74) is 3.38. The number of anilines is 1. The molecule has 27 heavy (non-hydrogen) atoms. The summed E-state index contributed by atoms with van der Waals surface area (Å²) in [6.45, 7) is 2.51. The summed E-state index contributed by atoms with van der Waals surface area (Å²) >= 11 is 0. The van der Waals surface area contributed by atoms with Gasteiger partial charge in [0.2, 0.25) is 0 Å². The summed E-state index contributed by atoms with van der Waals surface area (Å²) in [5.74, 6) is -0.563. The number of benzene rings is 3. The fourth-order valence-electron chi connectivity index (χ4n) is 2.75. The second-order valence-electron chi connectivity index (χ2n) is 6.18. The number of hydrogen-bond acceptors (Lipinski definition) is 3. The molecule has 3 aromatic carbocycles. The van der Waals surface area contributed by atoms with Crippen LogP contribution in [-0.4, -0.2) is 11.1 Å². The smallest absolute Gasteiger partial charge is 0.335 e. The maximum atomic E-state index is 13.8. The second kappa shape index (κ2) is 8.36. The fraction of sp³-hybridized carbons (Fsp3) is 0.136. The molecule has 0 bridgehead atoms. The molecule has 0 heterocycles. The highest BCUT2D eigenvalue weighted by molar-refractivity contribution is 5.88. The Kier molecular flexibility index (Phi) is 5.71. The highest BCUT2D eigenvalue weighted by Crippen LogP contribution is 2.23. The lowest BCUT2D eigenvalue weighted by Crippen LogP contribution is -2.06. The molecule has 3 aromatic rings. The predicted molar refractivity (Wildman–Crippen MR) is 103 cm³/mol. The van der Waals surface area contributed by atoms with Crippen molar-refractivity contribution in [3.05, 3.63) is 94.8 Å². The molecule has 2 N–H and O–H groups in total. The molecule has 0 unspecified atom stereocenters. The number of carbonyl (C=O) groups is 1. The van der Waals surface area contributed by atoms with Gasteiger partial charge in [0.25, 0.3) is 0 Å². The number of hydrogen-bond donors (Lipinski definition) is 2. The zero-order valence-electron chi connectivity index (χ0n) is 14.9. The maximum absolute atomic E-state index is 13.8. The minimum absolute atomic E-state index is 0.149. The lowest BCUT2D eigenvalue weighted by molar-refractivity contribution is 0.0697. The Morgan fingerprint density at radius 1 is 1.04 bits per heavy atom. The molecule has 0 atom stereocenters. The Bertz CT molecular complexity index is 956. The van der Waals surface area contributed by atoms with Crippen LogP contribution in [0.3, 0.4) is 0 Å². The van der Waals surface area contributed by atoms with E-state index < -0.39 is 5.97 Å². The Morgan fingerprint density at radius 3 is 2.44 bits per heavy atom. The van der Waals surface area contributed by atoms with Crippen LogP contribution in [0, 0.1) is 12.7 Å². The highest BCUT2D eigenvalue weighted by Gasteiger charge is 2.08. The first-order valence-electron chi connectivity index (χ1n) is 8.56. The van der Waals surface area contributed by atoms with Gasteiger partial charge in [-0.05, 0) is 42.8 Å². The molecule has 138 valence electrons. The van der Waals surface area contributed by atoms with E-state index in [9.17, 15) is 9.18 Å². The largest absolute Gasteiger partial charge is 0.488 e. The van der Waals surface area contributed by atoms with Crippen LogP contribution in [0.15, 0.2) is 66.7 Å². The van der Waals surface area contributed by atoms with Crippen molar-refractivity contribution in [1.82, 2.24) is 0 Å². The SMILES string of the molecule is Cc1cc(C(=O)O)ccc1NCc1ccccc1OCc1ccccc1F. The van der Waals surface area contributed by atoms with E-state index in [1.54, 1.807) is 36.4 Å². The summed E-state index contributed by atoms with van der Waals surface area (Å²) < 4.78 is 19.6. The van der Waals surface area contributed by atoms with Crippen LogP contribution < -0.4 is 10.1 Å². The number of aryl methyl sites for hydroxylation is 1. The van der Waals surface area contributed by atoms with Crippen molar-refractivity contribution in [3.63, 3.8) is 0 Å². The summed E-state index contributed by atoms with van der Waals surface area (Å²) in [7, 11) is 0. The van der Waals surface area contributed by atoms with Gasteiger partial charge in [-0.15, -0.1) is 0 Å². The lowest BCUT2D eigenvalue weighted by Gasteiger charge is -2.14. The van der Waals surface area contributed by atoms with Crippen molar-refractivity contribution >= 4 is 11.7 Å². The van der Waals surface area contributed by atoms with Gasteiger partial charge < -0.3 is 15.2 Å². The zero-order chi connectivity index (χ0) is 19.2. The number of aromatic carboxylic acids is 1. The molecular formula is C22H20FNO3. The van der Waals surface area contributed by atoms with Gasteiger partial charge >= 0.3 is 5.97 Å². The summed E-state index contributed by atoms with van der Waals surface area (Å²) in [4.78, 5) is 11.0. The molecular weight excluding hydrogens is 345 g/mol. The Morgan fingerprint density at radius 2 is 1.74 bits per heavy atom. The third kappa shape index (κ3) is 4.64. The van der Waals surface area contributed by atoms with Crippen molar-refractivity contribution in [2.45, 2.75) is 20.1 Å². The Hall–Kier alpha value is -3.34. The van der Waals surface area contributed by atoms with E-state index in [0.717, 1.165) is 16.8 Å². The molecule has 5 heteroatoms. The third-order valence-corrected chi connectivity index (χ3v) is 4.26. The molecule has 0 amide bonds. The first kappa shape index (κ1) is 18.5. The molecule has 0 aliphatic rings. The molecule has 0 saturated carbocycles. The first-order valence-corrected chi connectivity index (χ1v) is 8.56. The number of nitrogens with one attached hydrogen (secondary N) is 1. The van der Waals surface area contributed by atoms with Gasteiger partial charge in [0.1, 0.15) is 18.2 Å². The van der Waals surface area contributed by atoms with E-state index in [1.807, 2.05) is 31.2 Å². The predicted octanol–water partition coefficient (Wildman–Crippen LogP) is 5.02. The van der Waals surface area contributed by atoms with Crippen LogP contribution >= 0.6 is 0 Å². The van der Waals surface area contributed by atoms with E-state index in [1.165, 1.54) is 6.07 Å². The topological polar surface area (TPSA) is 58.6 Å². The molecule has 0 radical (unpaired) electrons. The average molecular weight is 365 g/mol. The van der Waals surface area contributed by atoms with Gasteiger partial charge in [0.15, 0.2) is 0 Å². The molecule has 3 rings (SSSR count). The quantitative estimate of drug-likeness (QED) is 0.617. The van der Waals surface area contributed by atoms with Crippen LogP contribution in [0.4, 0.5) is 10.1 Å². The van der Waals surface area contributed by atoms with Crippen LogP contribution in [0.1, 0.15) is 27.0 Å². The fourth-order valence-corrected chi connectivity index (χ4v) is 2.75. The Balaban J connectivity index is 1.69. The van der Waals surface area contributed by atoms with Crippen LogP contribution in [0.5, 0.6) is 5.75 Å². The molecule has 0 aromatic heterocycles. The van der Waals surface area contributed by atoms with Crippen LogP contribution in [-0.2, 0) is 13.2 Å². The van der Waals surface area contributed by atoms with E-state index in [2.05, 4.69) is 5.32 Å². The van der Waals surface area contributed by atoms with Gasteiger partial charge in [0.05, 0.1) is 5.56 Å². The molecule has 0 fully saturated rings. The van der Waals surface area contributed by atoms with Gasteiger partial charge in [-0.1, -0.05) is 36.4 Å². The van der Waals surface area contributed by atoms with E-state index in [0.29, 0.717) is 17.9 Å². The molecule has 0 saturated heterocycles. The van der Waals surface area contributed by atoms with Crippen molar-refractivity contribution in [3.8, 4) is 5.75 Å². The lowest BCUT2D eigenvalue weighted by atomic mass is 10.1. The zero-order valence-corrected chi connectivity index (χ0v) is 14.9. The Labute approximate surface area is 157 Å². The van der Waals surface area contributed by atoms with Gasteiger partial charge in [0, 0.05) is 23.4 Å². The standard InChI is InChI=1S/C22H20FNO3/c1-15-12-16(22(25)26)10-11-20(15)24-13-17-6-3-5-9-21(17)27-14-18-7-2-4-8-19(18)23/h2-12,24H,13-14H2,1H3,(H,25,26). The van der Waals surface area contributed by atoms with E-state index >= 15 is 0 Å². The van der Waals surface area contributed by atoms with Crippen LogP contribution in [0.25, 0.3) is 0 Å². The van der Waals surface area contributed by atoms with E-state index in [-0.39, 0.29) is 18.0 Å². The summed E-state index contributed by atoms with van der Waals surface area (Å²) in [5, 5.41) is 12.4. The second-order valence-corrected chi connectivity index (χ2v) is 6.18. The van der Waals surface area contributed by atoms with Crippen molar-refractivity contribution < 1.29 is 19.0 Å². The normalized spacial score (nSPS) is 10.4. The molecule has 0 aliphatic carbocycles. The highest BCUT2D eigenvalue weighted by atomic mass is 19.1. The summed E-state index contributed by atoms with van der Waals surface area (Å²) in [6.07, 6.45) is 0. The number of ether oxygens (including phenoxy) is 1. The number of rotatable bonds is 7. The van der Waals surface area contributed by atoms with Gasteiger partial charge in [-0.2, -0.15) is 0 Å². The van der Waals surface area contributed by atoms with Gasteiger partial charge in [-0.25, -0.2) is 9.18 Å². The number of carboxylic acids is 1. The monoisotopic (exact) mass is 365 g/mol. The number of para-hydroxylation sites is 1.